The number of amides is 1. The van der Waals surface area contributed by atoms with Crippen molar-refractivity contribution >= 4 is 33.2 Å². The molecule has 6 nitrogen and oxygen atoms in total. The summed E-state index contributed by atoms with van der Waals surface area (Å²) < 4.78 is 32.4. The number of carbonyl (C=O) groups excluding carboxylic acids is 1. The highest BCUT2D eigenvalue weighted by molar-refractivity contribution is 7.89. The Bertz CT molecular complexity index is 910. The van der Waals surface area contributed by atoms with Crippen LogP contribution in [0.3, 0.4) is 0 Å². The quantitative estimate of drug-likeness (QED) is 0.793. The van der Waals surface area contributed by atoms with Crippen LogP contribution in [0.4, 0.5) is 5.69 Å². The molecule has 0 aliphatic carbocycles. The van der Waals surface area contributed by atoms with Crippen molar-refractivity contribution in [3.63, 3.8) is 0 Å². The number of sulfonamides is 1. The second kappa shape index (κ2) is 8.29. The monoisotopic (exact) mass is 408 g/mol. The molecule has 1 heterocycles. The number of ether oxygens (including phenoxy) is 1. The average molecular weight is 409 g/mol. The van der Waals surface area contributed by atoms with Crippen molar-refractivity contribution in [3.05, 3.63) is 53.6 Å². The van der Waals surface area contributed by atoms with E-state index in [2.05, 4.69) is 5.32 Å². The van der Waals surface area contributed by atoms with E-state index in [4.69, 9.17) is 16.3 Å². The lowest BCUT2D eigenvalue weighted by molar-refractivity contribution is -0.122. The Balaban J connectivity index is 1.68. The molecule has 0 spiro atoms. The third-order valence-corrected chi connectivity index (χ3v) is 6.45. The first-order chi connectivity index (χ1) is 12.9. The van der Waals surface area contributed by atoms with E-state index in [-0.39, 0.29) is 10.8 Å². The van der Waals surface area contributed by atoms with Crippen LogP contribution < -0.4 is 10.1 Å². The van der Waals surface area contributed by atoms with Gasteiger partial charge in [0.15, 0.2) is 6.10 Å². The Labute approximate surface area is 164 Å². The number of anilines is 1. The summed E-state index contributed by atoms with van der Waals surface area (Å²) in [5, 5.41) is 3.28. The molecule has 0 saturated carbocycles. The van der Waals surface area contributed by atoms with Crippen LogP contribution in [-0.2, 0) is 14.8 Å². The highest BCUT2D eigenvalue weighted by atomic mass is 35.5. The molecule has 27 heavy (non-hydrogen) atoms. The fourth-order valence-electron chi connectivity index (χ4n) is 2.83. The Morgan fingerprint density at radius 2 is 1.81 bits per heavy atom. The largest absolute Gasteiger partial charge is 0.481 e. The molecule has 1 aliphatic rings. The second-order valence-electron chi connectivity index (χ2n) is 6.34. The highest BCUT2D eigenvalue weighted by Crippen LogP contribution is 2.23. The summed E-state index contributed by atoms with van der Waals surface area (Å²) in [7, 11) is -3.53. The van der Waals surface area contributed by atoms with Crippen molar-refractivity contribution in [2.45, 2.75) is 30.8 Å². The summed E-state index contributed by atoms with van der Waals surface area (Å²) in [6.07, 6.45) is 0.981. The van der Waals surface area contributed by atoms with Crippen LogP contribution in [0.25, 0.3) is 0 Å². The minimum atomic E-state index is -3.53. The zero-order chi connectivity index (χ0) is 19.4. The van der Waals surface area contributed by atoms with E-state index in [0.29, 0.717) is 29.5 Å². The van der Waals surface area contributed by atoms with Gasteiger partial charge in [0.05, 0.1) is 4.90 Å². The fraction of sp³-hybridized carbons (Fsp3) is 0.316. The van der Waals surface area contributed by atoms with Crippen molar-refractivity contribution in [1.29, 1.82) is 0 Å². The lowest BCUT2D eigenvalue weighted by atomic mass is 10.3. The van der Waals surface area contributed by atoms with Crippen molar-refractivity contribution in [2.75, 3.05) is 18.4 Å². The Morgan fingerprint density at radius 1 is 1.15 bits per heavy atom. The summed E-state index contributed by atoms with van der Waals surface area (Å²) in [5.74, 6) is 0.146. The lowest BCUT2D eigenvalue weighted by Crippen LogP contribution is -2.30. The van der Waals surface area contributed by atoms with Gasteiger partial charge in [0.2, 0.25) is 10.0 Å². The van der Waals surface area contributed by atoms with E-state index in [0.717, 1.165) is 12.8 Å². The number of halogens is 1. The molecule has 1 saturated heterocycles. The van der Waals surface area contributed by atoms with E-state index in [1.807, 2.05) is 0 Å². The van der Waals surface area contributed by atoms with E-state index in [1.165, 1.54) is 16.4 Å². The predicted octanol–water partition coefficient (Wildman–Crippen LogP) is 3.53. The normalized spacial score (nSPS) is 16.1. The number of nitrogens with one attached hydrogen (secondary N) is 1. The van der Waals surface area contributed by atoms with Gasteiger partial charge in [-0.05, 0) is 62.2 Å². The molecule has 1 amide bonds. The molecule has 1 N–H and O–H groups in total. The molecule has 1 atom stereocenters. The van der Waals surface area contributed by atoms with E-state index < -0.39 is 16.1 Å². The number of hydrogen-bond donors (Lipinski definition) is 1. The lowest BCUT2D eigenvalue weighted by Gasteiger charge is -2.17. The van der Waals surface area contributed by atoms with Gasteiger partial charge >= 0.3 is 0 Å². The van der Waals surface area contributed by atoms with Gasteiger partial charge in [0.1, 0.15) is 5.75 Å². The van der Waals surface area contributed by atoms with Gasteiger partial charge in [-0.1, -0.05) is 17.7 Å². The number of carbonyl (C=O) groups is 1. The third kappa shape index (κ3) is 4.80. The summed E-state index contributed by atoms with van der Waals surface area (Å²) in [4.78, 5) is 12.6. The van der Waals surface area contributed by atoms with Crippen molar-refractivity contribution in [2.24, 2.45) is 0 Å². The first-order valence-corrected chi connectivity index (χ1v) is 10.5. The molecule has 2 aromatic rings. The molecular weight excluding hydrogens is 388 g/mol. The first kappa shape index (κ1) is 19.7. The molecule has 0 aromatic heterocycles. The zero-order valence-corrected chi connectivity index (χ0v) is 16.5. The van der Waals surface area contributed by atoms with E-state index >= 15 is 0 Å². The standard InChI is InChI=1S/C19H21ClN2O4S/c1-14(26-17-9-7-15(20)8-10-17)19(23)21-16-5-4-6-18(13-16)27(24,25)22-11-2-3-12-22/h4-10,13-14H,2-3,11-12H2,1H3,(H,21,23)/t14-/m1/s1. The van der Waals surface area contributed by atoms with Crippen LogP contribution >= 0.6 is 11.6 Å². The molecule has 8 heteroatoms. The van der Waals surface area contributed by atoms with Crippen LogP contribution in [-0.4, -0.2) is 37.8 Å². The van der Waals surface area contributed by atoms with Gasteiger partial charge < -0.3 is 10.1 Å². The van der Waals surface area contributed by atoms with Crippen molar-refractivity contribution in [3.8, 4) is 5.75 Å². The molecule has 0 radical (unpaired) electrons. The predicted molar refractivity (Wildman–Crippen MR) is 105 cm³/mol. The van der Waals surface area contributed by atoms with Gasteiger partial charge in [0, 0.05) is 23.8 Å². The second-order valence-corrected chi connectivity index (χ2v) is 8.72. The number of hydrogen-bond acceptors (Lipinski definition) is 4. The summed E-state index contributed by atoms with van der Waals surface area (Å²) in [6.45, 7) is 2.69. The SMILES string of the molecule is C[C@@H](Oc1ccc(Cl)cc1)C(=O)Nc1cccc(S(=O)(=O)N2CCCC2)c1. The molecule has 0 unspecified atom stereocenters. The summed E-state index contributed by atoms with van der Waals surface area (Å²) >= 11 is 5.83. The highest BCUT2D eigenvalue weighted by Gasteiger charge is 2.27. The smallest absolute Gasteiger partial charge is 0.265 e. The maximum Gasteiger partial charge on any atom is 0.265 e. The molecule has 1 aliphatic heterocycles. The van der Waals surface area contributed by atoms with E-state index in [9.17, 15) is 13.2 Å². The summed E-state index contributed by atoms with van der Waals surface area (Å²) in [5.41, 5.74) is 0.409. The number of benzene rings is 2. The number of nitrogens with zero attached hydrogens (tertiary/aromatic N) is 1. The molecular formula is C19H21ClN2O4S. The minimum absolute atomic E-state index is 0.175. The van der Waals surface area contributed by atoms with Gasteiger partial charge in [0.25, 0.3) is 5.91 Å². The average Bonchev–Trinajstić information content (AvgIpc) is 3.19. The Kier molecular flexibility index (Phi) is 6.04. The summed E-state index contributed by atoms with van der Waals surface area (Å²) in [6, 6.07) is 13.0. The molecule has 1 fully saturated rings. The Hall–Kier alpha value is -2.09. The van der Waals surface area contributed by atoms with Gasteiger partial charge in [-0.15, -0.1) is 0 Å². The van der Waals surface area contributed by atoms with Crippen LogP contribution in [0.15, 0.2) is 53.4 Å². The van der Waals surface area contributed by atoms with Crippen LogP contribution in [0, 0.1) is 0 Å². The minimum Gasteiger partial charge on any atom is -0.481 e. The van der Waals surface area contributed by atoms with E-state index in [1.54, 1.807) is 43.3 Å². The first-order valence-electron chi connectivity index (χ1n) is 8.69. The Morgan fingerprint density at radius 3 is 2.48 bits per heavy atom. The third-order valence-electron chi connectivity index (χ3n) is 4.30. The van der Waals surface area contributed by atoms with Crippen molar-refractivity contribution in [1.82, 2.24) is 4.31 Å². The zero-order valence-electron chi connectivity index (χ0n) is 14.9. The van der Waals surface area contributed by atoms with Gasteiger partial charge in [-0.2, -0.15) is 4.31 Å². The molecule has 0 bridgehead atoms. The molecule has 2 aromatic carbocycles. The van der Waals surface area contributed by atoms with Crippen LogP contribution in [0.1, 0.15) is 19.8 Å². The maximum atomic E-state index is 12.7. The maximum absolute atomic E-state index is 12.7. The van der Waals surface area contributed by atoms with Crippen LogP contribution in [0.5, 0.6) is 5.75 Å². The van der Waals surface area contributed by atoms with Crippen molar-refractivity contribution < 1.29 is 17.9 Å². The van der Waals surface area contributed by atoms with Gasteiger partial charge in [-0.25, -0.2) is 8.42 Å². The van der Waals surface area contributed by atoms with Gasteiger partial charge in [-0.3, -0.25) is 4.79 Å². The topological polar surface area (TPSA) is 75.7 Å². The molecule has 144 valence electrons. The fourth-order valence-corrected chi connectivity index (χ4v) is 4.52. The number of rotatable bonds is 6. The van der Waals surface area contributed by atoms with Crippen LogP contribution in [0.2, 0.25) is 5.02 Å². The molecule has 3 rings (SSSR count).